The average molecular weight is 371 g/mol. The number of imidazole rings is 1. The predicted molar refractivity (Wildman–Crippen MR) is 97.5 cm³/mol. The summed E-state index contributed by atoms with van der Waals surface area (Å²) >= 11 is 0. The zero-order valence-electron chi connectivity index (χ0n) is 14.8. The lowest BCUT2D eigenvalue weighted by atomic mass is 10.0. The van der Waals surface area contributed by atoms with Crippen molar-refractivity contribution in [3.8, 4) is 0 Å². The van der Waals surface area contributed by atoms with Crippen LogP contribution in [-0.2, 0) is 0 Å². The summed E-state index contributed by atoms with van der Waals surface area (Å²) < 4.78 is 28.8. The van der Waals surface area contributed by atoms with Crippen molar-refractivity contribution in [1.82, 2.24) is 19.4 Å². The van der Waals surface area contributed by atoms with Crippen molar-refractivity contribution in [2.24, 2.45) is 0 Å². The van der Waals surface area contributed by atoms with E-state index >= 15 is 0 Å². The fraction of sp³-hybridized carbons (Fsp3) is 0.316. The molecule has 0 saturated carbocycles. The SMILES string of the molecule is Cc1nc2cccnc2n1C1CCN(C(=O)Nc2ccc(F)cc2F)CC1. The summed E-state index contributed by atoms with van der Waals surface area (Å²) in [5, 5.41) is 2.51. The van der Waals surface area contributed by atoms with Crippen molar-refractivity contribution in [2.75, 3.05) is 18.4 Å². The molecule has 1 fully saturated rings. The number of carbonyl (C=O) groups excluding carboxylic acids is 1. The topological polar surface area (TPSA) is 63.1 Å². The molecule has 1 N–H and O–H groups in total. The van der Waals surface area contributed by atoms with E-state index in [1.54, 1.807) is 11.1 Å². The van der Waals surface area contributed by atoms with Gasteiger partial charge in [0.25, 0.3) is 0 Å². The van der Waals surface area contributed by atoms with Crippen LogP contribution < -0.4 is 5.32 Å². The summed E-state index contributed by atoms with van der Waals surface area (Å²) in [7, 11) is 0. The van der Waals surface area contributed by atoms with Gasteiger partial charge in [0.1, 0.15) is 23.0 Å². The molecule has 0 atom stereocenters. The Morgan fingerprint density at radius 1 is 1.22 bits per heavy atom. The number of urea groups is 1. The molecule has 8 heteroatoms. The second-order valence-electron chi connectivity index (χ2n) is 6.65. The first kappa shape index (κ1) is 17.4. The van der Waals surface area contributed by atoms with Gasteiger partial charge in [0, 0.05) is 31.4 Å². The van der Waals surface area contributed by atoms with E-state index < -0.39 is 11.6 Å². The fourth-order valence-electron chi connectivity index (χ4n) is 3.59. The van der Waals surface area contributed by atoms with Gasteiger partial charge in [0.05, 0.1) is 5.69 Å². The molecule has 0 bridgehead atoms. The molecule has 1 saturated heterocycles. The number of likely N-dealkylation sites (tertiary alicyclic amines) is 1. The number of halogens is 2. The Morgan fingerprint density at radius 2 is 2.00 bits per heavy atom. The monoisotopic (exact) mass is 371 g/mol. The summed E-state index contributed by atoms with van der Waals surface area (Å²) in [6.07, 6.45) is 3.25. The van der Waals surface area contributed by atoms with Crippen LogP contribution in [0.2, 0.25) is 0 Å². The standard InChI is InChI=1S/C19H19F2N5O/c1-12-23-17-3-2-8-22-18(17)26(12)14-6-9-25(10-7-14)19(27)24-16-5-4-13(20)11-15(16)21/h2-5,8,11,14H,6-7,9-10H2,1H3,(H,24,27). The van der Waals surface area contributed by atoms with Gasteiger partial charge in [0.2, 0.25) is 0 Å². The van der Waals surface area contributed by atoms with E-state index in [-0.39, 0.29) is 17.8 Å². The maximum atomic E-state index is 13.7. The van der Waals surface area contributed by atoms with Crippen LogP contribution in [0, 0.1) is 18.6 Å². The number of hydrogen-bond donors (Lipinski definition) is 1. The van der Waals surface area contributed by atoms with Crippen LogP contribution in [-0.4, -0.2) is 38.6 Å². The zero-order valence-corrected chi connectivity index (χ0v) is 14.8. The number of amides is 2. The number of fused-ring (bicyclic) bond motifs is 1. The van der Waals surface area contributed by atoms with Crippen LogP contribution in [0.15, 0.2) is 36.5 Å². The molecule has 1 aliphatic heterocycles. The smallest absolute Gasteiger partial charge is 0.321 e. The molecule has 0 unspecified atom stereocenters. The lowest BCUT2D eigenvalue weighted by molar-refractivity contribution is 0.184. The van der Waals surface area contributed by atoms with Crippen molar-refractivity contribution >= 4 is 22.9 Å². The number of piperidine rings is 1. The van der Waals surface area contributed by atoms with Gasteiger partial charge in [-0.1, -0.05) is 0 Å². The van der Waals surface area contributed by atoms with Gasteiger partial charge in [-0.2, -0.15) is 0 Å². The first-order valence-corrected chi connectivity index (χ1v) is 8.83. The maximum absolute atomic E-state index is 13.7. The summed E-state index contributed by atoms with van der Waals surface area (Å²) in [5.41, 5.74) is 1.69. The van der Waals surface area contributed by atoms with Crippen LogP contribution in [0.4, 0.5) is 19.3 Å². The molecule has 0 aliphatic carbocycles. The number of aromatic nitrogens is 3. The summed E-state index contributed by atoms with van der Waals surface area (Å²) in [6, 6.07) is 6.71. The highest BCUT2D eigenvalue weighted by atomic mass is 19.1. The molecule has 2 amide bonds. The van der Waals surface area contributed by atoms with E-state index in [9.17, 15) is 13.6 Å². The molecular formula is C19H19F2N5O. The Morgan fingerprint density at radius 3 is 2.74 bits per heavy atom. The molecule has 4 rings (SSSR count). The van der Waals surface area contributed by atoms with Crippen LogP contribution in [0.5, 0.6) is 0 Å². The largest absolute Gasteiger partial charge is 0.324 e. The number of benzene rings is 1. The van der Waals surface area contributed by atoms with Gasteiger partial charge < -0.3 is 14.8 Å². The van der Waals surface area contributed by atoms with Crippen molar-refractivity contribution in [1.29, 1.82) is 0 Å². The van der Waals surface area contributed by atoms with E-state index in [4.69, 9.17) is 0 Å². The Labute approximate surface area is 154 Å². The Kier molecular flexibility index (Phi) is 4.47. The summed E-state index contributed by atoms with van der Waals surface area (Å²) in [5.74, 6) is -0.562. The summed E-state index contributed by atoms with van der Waals surface area (Å²) in [4.78, 5) is 23.0. The number of anilines is 1. The molecule has 1 aromatic carbocycles. The number of carbonyl (C=O) groups is 1. The highest BCUT2D eigenvalue weighted by molar-refractivity contribution is 5.89. The molecule has 3 heterocycles. The number of hydrogen-bond acceptors (Lipinski definition) is 3. The Balaban J connectivity index is 1.44. The summed E-state index contributed by atoms with van der Waals surface area (Å²) in [6.45, 7) is 3.02. The van der Waals surface area contributed by atoms with Gasteiger partial charge in [-0.05, 0) is 44.0 Å². The first-order valence-electron chi connectivity index (χ1n) is 8.83. The predicted octanol–water partition coefficient (Wildman–Crippen LogP) is 3.89. The molecule has 0 radical (unpaired) electrons. The van der Waals surface area contributed by atoms with Crippen molar-refractivity contribution < 1.29 is 13.6 Å². The average Bonchev–Trinajstić information content (AvgIpc) is 3.00. The third kappa shape index (κ3) is 3.34. The maximum Gasteiger partial charge on any atom is 0.321 e. The van der Waals surface area contributed by atoms with Crippen molar-refractivity contribution in [3.05, 3.63) is 54.0 Å². The molecular weight excluding hydrogens is 352 g/mol. The van der Waals surface area contributed by atoms with E-state index in [1.807, 2.05) is 19.1 Å². The highest BCUT2D eigenvalue weighted by Crippen LogP contribution is 2.28. The lowest BCUT2D eigenvalue weighted by Crippen LogP contribution is -2.41. The van der Waals surface area contributed by atoms with Crippen molar-refractivity contribution in [2.45, 2.75) is 25.8 Å². The van der Waals surface area contributed by atoms with Gasteiger partial charge in [-0.25, -0.2) is 23.5 Å². The zero-order chi connectivity index (χ0) is 19.0. The van der Waals surface area contributed by atoms with E-state index in [0.717, 1.165) is 42.0 Å². The third-order valence-electron chi connectivity index (χ3n) is 4.91. The minimum atomic E-state index is -0.787. The van der Waals surface area contributed by atoms with Gasteiger partial charge in [-0.15, -0.1) is 0 Å². The number of aryl methyl sites for hydroxylation is 1. The molecule has 2 aromatic heterocycles. The molecule has 140 valence electrons. The van der Waals surface area contributed by atoms with Crippen LogP contribution in [0.1, 0.15) is 24.7 Å². The molecule has 6 nitrogen and oxygen atoms in total. The van der Waals surface area contributed by atoms with Crippen molar-refractivity contribution in [3.63, 3.8) is 0 Å². The normalized spacial score (nSPS) is 15.3. The molecule has 27 heavy (non-hydrogen) atoms. The highest BCUT2D eigenvalue weighted by Gasteiger charge is 2.26. The van der Waals surface area contributed by atoms with Gasteiger partial charge >= 0.3 is 6.03 Å². The second kappa shape index (κ2) is 6.94. The molecule has 3 aromatic rings. The van der Waals surface area contributed by atoms with E-state index in [1.165, 1.54) is 6.07 Å². The van der Waals surface area contributed by atoms with E-state index in [2.05, 4.69) is 19.9 Å². The minimum Gasteiger partial charge on any atom is -0.324 e. The second-order valence-corrected chi connectivity index (χ2v) is 6.65. The minimum absolute atomic E-state index is 0.0239. The fourth-order valence-corrected chi connectivity index (χ4v) is 3.59. The quantitative estimate of drug-likeness (QED) is 0.743. The molecule has 0 spiro atoms. The van der Waals surface area contributed by atoms with Crippen LogP contribution in [0.25, 0.3) is 11.2 Å². The van der Waals surface area contributed by atoms with Crippen LogP contribution in [0.3, 0.4) is 0 Å². The lowest BCUT2D eigenvalue weighted by Gasteiger charge is -2.33. The van der Waals surface area contributed by atoms with Crippen LogP contribution >= 0.6 is 0 Å². The Bertz CT molecular complexity index is 995. The number of nitrogens with one attached hydrogen (secondary N) is 1. The molecule has 1 aliphatic rings. The first-order chi connectivity index (χ1) is 13.0. The Hall–Kier alpha value is -3.03. The number of nitrogens with zero attached hydrogens (tertiary/aromatic N) is 4. The van der Waals surface area contributed by atoms with Gasteiger partial charge in [-0.3, -0.25) is 0 Å². The third-order valence-corrected chi connectivity index (χ3v) is 4.91. The van der Waals surface area contributed by atoms with E-state index in [0.29, 0.717) is 13.1 Å². The van der Waals surface area contributed by atoms with Gasteiger partial charge in [0.15, 0.2) is 5.65 Å². The number of pyridine rings is 1. The number of rotatable bonds is 2.